The number of pyridine rings is 1. The van der Waals surface area contributed by atoms with Crippen molar-refractivity contribution in [2.75, 3.05) is 11.9 Å². The minimum Gasteiger partial charge on any atom is -0.351 e. The number of anilines is 1. The molecular formula is C19H22ClN3O2. The molecule has 2 amide bonds. The molecule has 1 aromatic heterocycles. The van der Waals surface area contributed by atoms with Crippen molar-refractivity contribution in [2.24, 2.45) is 5.92 Å². The van der Waals surface area contributed by atoms with Gasteiger partial charge in [-0.2, -0.15) is 0 Å². The molecule has 0 atom stereocenters. The first-order chi connectivity index (χ1) is 11.9. The van der Waals surface area contributed by atoms with Crippen LogP contribution in [0.4, 0.5) is 5.69 Å². The van der Waals surface area contributed by atoms with Crippen molar-refractivity contribution in [2.45, 2.75) is 27.2 Å². The minimum atomic E-state index is -0.387. The van der Waals surface area contributed by atoms with Gasteiger partial charge in [-0.25, -0.2) is 4.98 Å². The average Bonchev–Trinajstić information content (AvgIpc) is 2.58. The fourth-order valence-corrected chi connectivity index (χ4v) is 2.36. The van der Waals surface area contributed by atoms with Crippen LogP contribution in [0.15, 0.2) is 36.4 Å². The predicted molar refractivity (Wildman–Crippen MR) is 100 cm³/mol. The van der Waals surface area contributed by atoms with Gasteiger partial charge in [0.05, 0.1) is 0 Å². The second-order valence-electron chi connectivity index (χ2n) is 6.21. The third kappa shape index (κ3) is 5.29. The topological polar surface area (TPSA) is 71.1 Å². The third-order valence-electron chi connectivity index (χ3n) is 3.74. The minimum absolute atomic E-state index is 0.177. The van der Waals surface area contributed by atoms with Crippen LogP contribution in [0, 0.1) is 12.8 Å². The Labute approximate surface area is 152 Å². The SMILES string of the molecule is Cc1c(Cl)cccc1NC(=O)c1cccc(C(=O)NCCC(C)C)n1. The van der Waals surface area contributed by atoms with Crippen LogP contribution < -0.4 is 10.6 Å². The highest BCUT2D eigenvalue weighted by atomic mass is 35.5. The number of nitrogens with zero attached hydrogens (tertiary/aromatic N) is 1. The smallest absolute Gasteiger partial charge is 0.274 e. The normalized spacial score (nSPS) is 10.6. The fraction of sp³-hybridized carbons (Fsp3) is 0.316. The van der Waals surface area contributed by atoms with Crippen LogP contribution in [0.2, 0.25) is 5.02 Å². The average molecular weight is 360 g/mol. The zero-order chi connectivity index (χ0) is 18.4. The van der Waals surface area contributed by atoms with Crippen molar-refractivity contribution >= 4 is 29.1 Å². The molecule has 0 unspecified atom stereocenters. The van der Waals surface area contributed by atoms with Crippen LogP contribution >= 0.6 is 11.6 Å². The van der Waals surface area contributed by atoms with Crippen LogP contribution in [-0.2, 0) is 0 Å². The van der Waals surface area contributed by atoms with Gasteiger partial charge in [-0.3, -0.25) is 9.59 Å². The molecule has 0 bridgehead atoms. The molecule has 2 rings (SSSR count). The maximum atomic E-state index is 12.4. The summed E-state index contributed by atoms with van der Waals surface area (Å²) in [6.45, 7) is 6.58. The van der Waals surface area contributed by atoms with Crippen LogP contribution in [0.25, 0.3) is 0 Å². The quantitative estimate of drug-likeness (QED) is 0.816. The number of hydrogen-bond acceptors (Lipinski definition) is 3. The maximum absolute atomic E-state index is 12.4. The highest BCUT2D eigenvalue weighted by Crippen LogP contribution is 2.23. The summed E-state index contributed by atoms with van der Waals surface area (Å²) in [5, 5.41) is 6.16. The van der Waals surface area contributed by atoms with E-state index in [2.05, 4.69) is 29.5 Å². The molecule has 0 aliphatic heterocycles. The van der Waals surface area contributed by atoms with E-state index in [-0.39, 0.29) is 23.2 Å². The summed E-state index contributed by atoms with van der Waals surface area (Å²) in [6.07, 6.45) is 0.889. The Morgan fingerprint density at radius 1 is 1.08 bits per heavy atom. The fourth-order valence-electron chi connectivity index (χ4n) is 2.18. The summed E-state index contributed by atoms with van der Waals surface area (Å²) >= 11 is 6.06. The Morgan fingerprint density at radius 3 is 2.40 bits per heavy atom. The van der Waals surface area contributed by atoms with Crippen molar-refractivity contribution in [1.82, 2.24) is 10.3 Å². The van der Waals surface area contributed by atoms with Crippen LogP contribution in [0.1, 0.15) is 46.8 Å². The number of nitrogens with one attached hydrogen (secondary N) is 2. The lowest BCUT2D eigenvalue weighted by Gasteiger charge is -2.10. The molecule has 1 heterocycles. The first-order valence-corrected chi connectivity index (χ1v) is 8.58. The molecule has 0 aliphatic rings. The summed E-state index contributed by atoms with van der Waals surface area (Å²) < 4.78 is 0. The summed E-state index contributed by atoms with van der Waals surface area (Å²) in [4.78, 5) is 28.7. The Bertz CT molecular complexity index is 775. The molecule has 132 valence electrons. The first-order valence-electron chi connectivity index (χ1n) is 8.20. The van der Waals surface area contributed by atoms with Gasteiger partial charge in [-0.1, -0.05) is 37.6 Å². The molecule has 5 nitrogen and oxygen atoms in total. The highest BCUT2D eigenvalue weighted by molar-refractivity contribution is 6.31. The standard InChI is InChI=1S/C19H22ClN3O2/c1-12(2)10-11-21-18(24)16-8-5-9-17(22-16)19(25)23-15-7-4-6-14(20)13(15)3/h4-9,12H,10-11H2,1-3H3,(H,21,24)(H,23,25). The van der Waals surface area contributed by atoms with Gasteiger partial charge in [-0.15, -0.1) is 0 Å². The van der Waals surface area contributed by atoms with Crippen LogP contribution in [-0.4, -0.2) is 23.3 Å². The van der Waals surface area contributed by atoms with E-state index >= 15 is 0 Å². The number of hydrogen-bond donors (Lipinski definition) is 2. The van der Waals surface area contributed by atoms with Gasteiger partial charge in [0.25, 0.3) is 11.8 Å². The first kappa shape index (κ1) is 18.9. The van der Waals surface area contributed by atoms with E-state index in [1.807, 2.05) is 6.92 Å². The molecular weight excluding hydrogens is 338 g/mol. The predicted octanol–water partition coefficient (Wildman–Crippen LogP) is 4.07. The number of carbonyl (C=O) groups excluding carboxylic acids is 2. The van der Waals surface area contributed by atoms with Gasteiger partial charge in [0.1, 0.15) is 11.4 Å². The molecule has 1 aromatic carbocycles. The zero-order valence-electron chi connectivity index (χ0n) is 14.6. The number of aromatic nitrogens is 1. The Kier molecular flexibility index (Phi) is 6.53. The number of carbonyl (C=O) groups is 2. The molecule has 0 radical (unpaired) electrons. The van der Waals surface area contributed by atoms with Crippen molar-refractivity contribution in [3.63, 3.8) is 0 Å². The zero-order valence-corrected chi connectivity index (χ0v) is 15.4. The van der Waals surface area contributed by atoms with Crippen LogP contribution in [0.5, 0.6) is 0 Å². The van der Waals surface area contributed by atoms with Crippen molar-refractivity contribution in [1.29, 1.82) is 0 Å². The Hall–Kier alpha value is -2.40. The summed E-state index contributed by atoms with van der Waals surface area (Å²) in [5.74, 6) is -0.164. The van der Waals surface area contributed by atoms with E-state index in [9.17, 15) is 9.59 Å². The summed E-state index contributed by atoms with van der Waals surface area (Å²) in [7, 11) is 0. The van der Waals surface area contributed by atoms with Gasteiger partial charge in [0, 0.05) is 17.3 Å². The molecule has 6 heteroatoms. The molecule has 25 heavy (non-hydrogen) atoms. The molecule has 0 aliphatic carbocycles. The van der Waals surface area contributed by atoms with E-state index in [1.165, 1.54) is 0 Å². The molecule has 0 saturated heterocycles. The lowest BCUT2D eigenvalue weighted by atomic mass is 10.1. The molecule has 0 fully saturated rings. The van der Waals surface area contributed by atoms with Crippen LogP contribution in [0.3, 0.4) is 0 Å². The maximum Gasteiger partial charge on any atom is 0.274 e. The molecule has 2 N–H and O–H groups in total. The van der Waals surface area contributed by atoms with Gasteiger partial charge >= 0.3 is 0 Å². The highest BCUT2D eigenvalue weighted by Gasteiger charge is 2.13. The van der Waals surface area contributed by atoms with E-state index in [0.29, 0.717) is 23.2 Å². The Balaban J connectivity index is 2.08. The van der Waals surface area contributed by atoms with E-state index < -0.39 is 0 Å². The molecule has 0 spiro atoms. The van der Waals surface area contributed by atoms with Crippen molar-refractivity contribution < 1.29 is 9.59 Å². The molecule has 0 saturated carbocycles. The second kappa shape index (κ2) is 8.62. The lowest BCUT2D eigenvalue weighted by molar-refractivity contribution is 0.0947. The largest absolute Gasteiger partial charge is 0.351 e. The van der Waals surface area contributed by atoms with E-state index in [0.717, 1.165) is 12.0 Å². The summed E-state index contributed by atoms with van der Waals surface area (Å²) in [6, 6.07) is 10.1. The number of rotatable bonds is 6. The third-order valence-corrected chi connectivity index (χ3v) is 4.15. The van der Waals surface area contributed by atoms with Gasteiger partial charge < -0.3 is 10.6 Å². The monoisotopic (exact) mass is 359 g/mol. The Morgan fingerprint density at radius 2 is 1.72 bits per heavy atom. The van der Waals surface area contributed by atoms with E-state index in [1.54, 1.807) is 36.4 Å². The summed E-state index contributed by atoms with van der Waals surface area (Å²) in [5.41, 5.74) is 1.79. The number of benzene rings is 1. The molecule has 2 aromatic rings. The van der Waals surface area contributed by atoms with Gasteiger partial charge in [-0.05, 0) is 49.1 Å². The van der Waals surface area contributed by atoms with Crippen molar-refractivity contribution in [3.8, 4) is 0 Å². The number of amides is 2. The second-order valence-corrected chi connectivity index (χ2v) is 6.62. The lowest BCUT2D eigenvalue weighted by Crippen LogP contribution is -2.27. The van der Waals surface area contributed by atoms with E-state index in [4.69, 9.17) is 11.6 Å². The van der Waals surface area contributed by atoms with Crippen molar-refractivity contribution in [3.05, 3.63) is 58.4 Å². The number of halogens is 1. The van der Waals surface area contributed by atoms with Gasteiger partial charge in [0.15, 0.2) is 0 Å². The van der Waals surface area contributed by atoms with Gasteiger partial charge in [0.2, 0.25) is 0 Å².